The van der Waals surface area contributed by atoms with Crippen LogP contribution < -0.4 is 11.1 Å². The maximum atomic E-state index is 11.8. The zero-order valence-corrected chi connectivity index (χ0v) is 12.1. The van der Waals surface area contributed by atoms with Crippen molar-refractivity contribution in [3.63, 3.8) is 0 Å². The number of esters is 1. The van der Waals surface area contributed by atoms with E-state index >= 15 is 0 Å². The summed E-state index contributed by atoms with van der Waals surface area (Å²) in [6.45, 7) is 5.68. The topological polar surface area (TPSA) is 81.4 Å². The molecule has 0 heterocycles. The van der Waals surface area contributed by atoms with Gasteiger partial charge in [0.05, 0.1) is 6.54 Å². The molecule has 0 spiro atoms. The lowest BCUT2D eigenvalue weighted by Gasteiger charge is -2.19. The van der Waals surface area contributed by atoms with Crippen molar-refractivity contribution in [2.75, 3.05) is 6.54 Å². The van der Waals surface area contributed by atoms with Crippen LogP contribution >= 0.6 is 0 Å². The van der Waals surface area contributed by atoms with Crippen molar-refractivity contribution in [2.45, 2.75) is 32.9 Å². The Labute approximate surface area is 119 Å². The first-order valence-electron chi connectivity index (χ1n) is 6.71. The number of benzene rings is 1. The Morgan fingerprint density at radius 1 is 1.20 bits per heavy atom. The fourth-order valence-electron chi connectivity index (χ4n) is 1.52. The average molecular weight is 278 g/mol. The van der Waals surface area contributed by atoms with Crippen molar-refractivity contribution in [2.24, 2.45) is 11.7 Å². The van der Waals surface area contributed by atoms with Gasteiger partial charge in [0.1, 0.15) is 12.1 Å². The molecule has 2 atom stereocenters. The minimum Gasteiger partial charge on any atom is -0.460 e. The molecule has 3 N–H and O–H groups in total. The number of hydrogen-bond donors (Lipinski definition) is 2. The summed E-state index contributed by atoms with van der Waals surface area (Å²) in [7, 11) is 0. The monoisotopic (exact) mass is 278 g/mol. The van der Waals surface area contributed by atoms with E-state index in [-0.39, 0.29) is 18.4 Å². The molecule has 0 aromatic heterocycles. The highest BCUT2D eigenvalue weighted by molar-refractivity contribution is 5.94. The minimum absolute atomic E-state index is 0.0219. The summed E-state index contributed by atoms with van der Waals surface area (Å²) in [5.41, 5.74) is 6.27. The number of nitrogens with one attached hydrogen (secondary N) is 1. The van der Waals surface area contributed by atoms with Gasteiger partial charge in [-0.05, 0) is 25.0 Å². The van der Waals surface area contributed by atoms with Crippen LogP contribution in [-0.4, -0.2) is 30.6 Å². The molecular weight excluding hydrogens is 256 g/mol. The predicted octanol–water partition coefficient (Wildman–Crippen LogP) is 1.33. The first-order valence-corrected chi connectivity index (χ1v) is 6.71. The standard InChI is InChI=1S/C15H22N2O3/c1-10(2)13(16)15(19)20-11(3)9-17-14(18)12-7-5-4-6-8-12/h4-8,10-11,13H,9,16H2,1-3H3,(H,17,18). The van der Waals surface area contributed by atoms with Crippen LogP contribution in [0, 0.1) is 5.92 Å². The highest BCUT2D eigenvalue weighted by atomic mass is 16.5. The summed E-state index contributed by atoms with van der Waals surface area (Å²) < 4.78 is 5.18. The van der Waals surface area contributed by atoms with Gasteiger partial charge in [-0.1, -0.05) is 32.0 Å². The van der Waals surface area contributed by atoms with Gasteiger partial charge in [-0.2, -0.15) is 0 Å². The van der Waals surface area contributed by atoms with Gasteiger partial charge in [0, 0.05) is 5.56 Å². The molecule has 110 valence electrons. The average Bonchev–Trinajstić information content (AvgIpc) is 2.44. The van der Waals surface area contributed by atoms with Gasteiger partial charge in [-0.3, -0.25) is 9.59 Å². The number of carbonyl (C=O) groups is 2. The summed E-state index contributed by atoms with van der Waals surface area (Å²) in [5.74, 6) is -0.614. The molecule has 0 bridgehead atoms. The molecule has 20 heavy (non-hydrogen) atoms. The van der Waals surface area contributed by atoms with E-state index in [4.69, 9.17) is 10.5 Å². The molecular formula is C15H22N2O3. The van der Waals surface area contributed by atoms with Gasteiger partial charge in [0.2, 0.25) is 0 Å². The van der Waals surface area contributed by atoms with E-state index in [9.17, 15) is 9.59 Å². The molecule has 5 heteroatoms. The van der Waals surface area contributed by atoms with E-state index in [1.807, 2.05) is 19.9 Å². The number of ether oxygens (including phenoxy) is 1. The normalized spacial score (nSPS) is 13.7. The molecule has 1 aromatic carbocycles. The predicted molar refractivity (Wildman–Crippen MR) is 77.1 cm³/mol. The third-order valence-electron chi connectivity index (χ3n) is 2.89. The Kier molecular flexibility index (Phi) is 6.18. The van der Waals surface area contributed by atoms with Gasteiger partial charge < -0.3 is 15.8 Å². The number of nitrogens with two attached hydrogens (primary N) is 1. The molecule has 0 aliphatic carbocycles. The molecule has 0 saturated heterocycles. The van der Waals surface area contributed by atoms with Crippen molar-refractivity contribution >= 4 is 11.9 Å². The SMILES string of the molecule is CC(CNC(=O)c1ccccc1)OC(=O)C(N)C(C)C. The Morgan fingerprint density at radius 2 is 1.80 bits per heavy atom. The summed E-state index contributed by atoms with van der Waals surface area (Å²) in [5, 5.41) is 2.72. The van der Waals surface area contributed by atoms with Gasteiger partial charge in [-0.15, -0.1) is 0 Å². The van der Waals surface area contributed by atoms with Gasteiger partial charge in [0.25, 0.3) is 5.91 Å². The molecule has 0 saturated carbocycles. The molecule has 0 aliphatic rings. The lowest BCUT2D eigenvalue weighted by atomic mass is 10.1. The van der Waals surface area contributed by atoms with E-state index in [0.29, 0.717) is 5.56 Å². The van der Waals surface area contributed by atoms with Crippen molar-refractivity contribution in [3.05, 3.63) is 35.9 Å². The quantitative estimate of drug-likeness (QED) is 0.769. The fourth-order valence-corrected chi connectivity index (χ4v) is 1.52. The second-order valence-electron chi connectivity index (χ2n) is 5.09. The van der Waals surface area contributed by atoms with E-state index in [2.05, 4.69) is 5.32 Å². The highest BCUT2D eigenvalue weighted by Gasteiger charge is 2.21. The van der Waals surface area contributed by atoms with Crippen LogP contribution in [0.25, 0.3) is 0 Å². The third-order valence-corrected chi connectivity index (χ3v) is 2.89. The first kappa shape index (κ1) is 16.2. The van der Waals surface area contributed by atoms with E-state index in [1.54, 1.807) is 31.2 Å². The molecule has 0 radical (unpaired) electrons. The van der Waals surface area contributed by atoms with Crippen LogP contribution in [0.3, 0.4) is 0 Å². The highest BCUT2D eigenvalue weighted by Crippen LogP contribution is 2.03. The van der Waals surface area contributed by atoms with Crippen LogP contribution in [-0.2, 0) is 9.53 Å². The largest absolute Gasteiger partial charge is 0.460 e. The van der Waals surface area contributed by atoms with E-state index < -0.39 is 18.1 Å². The number of amides is 1. The van der Waals surface area contributed by atoms with Crippen molar-refractivity contribution in [1.29, 1.82) is 0 Å². The summed E-state index contributed by atoms with van der Waals surface area (Å²) in [4.78, 5) is 23.5. The summed E-state index contributed by atoms with van der Waals surface area (Å²) in [6.07, 6.45) is -0.417. The van der Waals surface area contributed by atoms with Crippen LogP contribution in [0.15, 0.2) is 30.3 Å². The van der Waals surface area contributed by atoms with Crippen LogP contribution in [0.5, 0.6) is 0 Å². The van der Waals surface area contributed by atoms with Gasteiger partial charge >= 0.3 is 5.97 Å². The number of rotatable bonds is 6. The molecule has 5 nitrogen and oxygen atoms in total. The van der Waals surface area contributed by atoms with Crippen LogP contribution in [0.4, 0.5) is 0 Å². The molecule has 1 aromatic rings. The second kappa shape index (κ2) is 7.65. The lowest BCUT2D eigenvalue weighted by Crippen LogP contribution is -2.41. The Hall–Kier alpha value is -1.88. The Balaban J connectivity index is 2.38. The molecule has 1 rings (SSSR count). The Morgan fingerprint density at radius 3 is 2.35 bits per heavy atom. The third kappa shape index (κ3) is 5.01. The smallest absolute Gasteiger partial charge is 0.323 e. The summed E-state index contributed by atoms with van der Waals surface area (Å²) in [6, 6.07) is 8.23. The zero-order chi connectivity index (χ0) is 15.1. The zero-order valence-electron chi connectivity index (χ0n) is 12.1. The van der Waals surface area contributed by atoms with Crippen molar-refractivity contribution in [3.8, 4) is 0 Å². The number of carbonyl (C=O) groups excluding carboxylic acids is 2. The minimum atomic E-state index is -0.637. The first-order chi connectivity index (χ1) is 9.41. The maximum absolute atomic E-state index is 11.8. The van der Waals surface area contributed by atoms with Gasteiger partial charge in [-0.25, -0.2) is 0 Å². The molecule has 0 fully saturated rings. The van der Waals surface area contributed by atoms with Gasteiger partial charge in [0.15, 0.2) is 0 Å². The maximum Gasteiger partial charge on any atom is 0.323 e. The summed E-state index contributed by atoms with van der Waals surface area (Å²) >= 11 is 0. The van der Waals surface area contributed by atoms with E-state index in [1.165, 1.54) is 0 Å². The van der Waals surface area contributed by atoms with Crippen LogP contribution in [0.2, 0.25) is 0 Å². The molecule has 0 aliphatic heterocycles. The molecule has 2 unspecified atom stereocenters. The van der Waals surface area contributed by atoms with E-state index in [0.717, 1.165) is 0 Å². The van der Waals surface area contributed by atoms with Crippen LogP contribution in [0.1, 0.15) is 31.1 Å². The molecule has 1 amide bonds. The Bertz CT molecular complexity index is 446. The van der Waals surface area contributed by atoms with Crippen molar-refractivity contribution in [1.82, 2.24) is 5.32 Å². The fraction of sp³-hybridized carbons (Fsp3) is 0.467. The van der Waals surface area contributed by atoms with Crippen molar-refractivity contribution < 1.29 is 14.3 Å². The number of hydrogen-bond acceptors (Lipinski definition) is 4. The lowest BCUT2D eigenvalue weighted by molar-refractivity contribution is -0.150. The second-order valence-corrected chi connectivity index (χ2v) is 5.09.